The minimum Gasteiger partial charge on any atom is -0.460 e. The van der Waals surface area contributed by atoms with E-state index in [0.717, 1.165) is 23.2 Å². The Morgan fingerprint density at radius 1 is 1.08 bits per heavy atom. The molecule has 0 bridgehead atoms. The lowest BCUT2D eigenvalue weighted by Gasteiger charge is -2.38. The first-order chi connectivity index (χ1) is 17.7. The van der Waals surface area contributed by atoms with E-state index in [4.69, 9.17) is 13.8 Å². The number of likely N-dealkylation sites (tertiary alicyclic amines) is 1. The van der Waals surface area contributed by atoms with Gasteiger partial charge in [0.2, 0.25) is 5.82 Å². The Kier molecular flexibility index (Phi) is 6.64. The molecule has 3 aromatic heterocycles. The minimum absolute atomic E-state index is 0.0540. The number of ether oxygens (including phenoxy) is 1. The average molecular weight is 502 g/mol. The Morgan fingerprint density at radius 3 is 2.49 bits per heavy atom. The number of benzene rings is 1. The van der Waals surface area contributed by atoms with E-state index >= 15 is 0 Å². The van der Waals surface area contributed by atoms with Crippen LogP contribution in [0.5, 0.6) is 0 Å². The van der Waals surface area contributed by atoms with Crippen molar-refractivity contribution < 1.29 is 18.6 Å². The van der Waals surface area contributed by atoms with Gasteiger partial charge in [-0.3, -0.25) is 14.7 Å². The summed E-state index contributed by atoms with van der Waals surface area (Å²) in [6, 6.07) is 13.7. The maximum Gasteiger partial charge on any atom is 0.312 e. The quantitative estimate of drug-likeness (QED) is 0.310. The summed E-state index contributed by atoms with van der Waals surface area (Å²) in [6.07, 6.45) is 1.72. The third-order valence-corrected chi connectivity index (χ3v) is 6.15. The summed E-state index contributed by atoms with van der Waals surface area (Å²) < 4.78 is 16.7. The summed E-state index contributed by atoms with van der Waals surface area (Å²) in [5, 5.41) is 8.42. The highest BCUT2D eigenvalue weighted by Gasteiger charge is 2.35. The molecule has 9 heteroatoms. The lowest BCUT2D eigenvalue weighted by atomic mass is 9.98. The Labute approximate surface area is 215 Å². The number of nitrogens with zero attached hydrogens (tertiary/aromatic N) is 5. The Hall–Kier alpha value is -3.85. The molecule has 0 aliphatic carbocycles. The van der Waals surface area contributed by atoms with Gasteiger partial charge in [-0.2, -0.15) is 4.98 Å². The molecule has 1 aliphatic heterocycles. The molecule has 0 radical (unpaired) electrons. The van der Waals surface area contributed by atoms with Gasteiger partial charge in [-0.05, 0) is 44.4 Å². The molecule has 1 saturated heterocycles. The molecule has 0 atom stereocenters. The first kappa shape index (κ1) is 24.8. The van der Waals surface area contributed by atoms with E-state index in [2.05, 4.69) is 39.0 Å². The number of hydrogen-bond donors (Lipinski definition) is 0. The van der Waals surface area contributed by atoms with E-state index in [-0.39, 0.29) is 17.8 Å². The van der Waals surface area contributed by atoms with Crippen molar-refractivity contribution in [3.8, 4) is 34.4 Å². The molecule has 1 aliphatic rings. The molecule has 1 aromatic carbocycles. The van der Waals surface area contributed by atoms with Crippen LogP contribution in [0, 0.1) is 5.92 Å². The second-order valence-corrected chi connectivity index (χ2v) is 10.7. The highest BCUT2D eigenvalue weighted by Crippen LogP contribution is 2.36. The molecule has 4 heterocycles. The Balaban J connectivity index is 1.26. The van der Waals surface area contributed by atoms with Gasteiger partial charge in [0.15, 0.2) is 11.5 Å². The van der Waals surface area contributed by atoms with E-state index in [9.17, 15) is 4.79 Å². The number of aromatic nitrogens is 4. The maximum absolute atomic E-state index is 12.2. The summed E-state index contributed by atoms with van der Waals surface area (Å²) in [6.45, 7) is 12.0. The highest BCUT2D eigenvalue weighted by atomic mass is 16.6. The number of esters is 1. The Bertz CT molecular complexity index is 1360. The molecule has 5 rings (SSSR count). The van der Waals surface area contributed by atoms with Crippen molar-refractivity contribution in [2.45, 2.75) is 52.7 Å². The predicted molar refractivity (Wildman–Crippen MR) is 137 cm³/mol. The first-order valence-electron chi connectivity index (χ1n) is 12.5. The van der Waals surface area contributed by atoms with E-state index in [1.165, 1.54) is 0 Å². The fraction of sp³-hybridized carbons (Fsp3) is 0.393. The zero-order chi connectivity index (χ0) is 26.2. The zero-order valence-corrected chi connectivity index (χ0v) is 21.8. The van der Waals surface area contributed by atoms with Gasteiger partial charge in [-0.15, -0.1) is 0 Å². The molecule has 0 unspecified atom stereocenters. The summed E-state index contributed by atoms with van der Waals surface area (Å²) in [5.74, 6) is 1.34. The number of carbonyl (C=O) groups is 1. The van der Waals surface area contributed by atoms with Crippen molar-refractivity contribution in [1.29, 1.82) is 0 Å². The molecule has 192 valence electrons. The number of pyridine rings is 1. The van der Waals surface area contributed by atoms with Crippen molar-refractivity contribution in [3.63, 3.8) is 0 Å². The second-order valence-electron chi connectivity index (χ2n) is 10.7. The van der Waals surface area contributed by atoms with Gasteiger partial charge >= 0.3 is 5.97 Å². The average Bonchev–Trinajstić information content (AvgIpc) is 3.48. The molecule has 0 saturated carbocycles. The van der Waals surface area contributed by atoms with Gasteiger partial charge in [0, 0.05) is 37.0 Å². The van der Waals surface area contributed by atoms with Crippen molar-refractivity contribution >= 4 is 5.97 Å². The van der Waals surface area contributed by atoms with Gasteiger partial charge in [-0.25, -0.2) is 0 Å². The highest BCUT2D eigenvalue weighted by molar-refractivity contribution is 5.74. The van der Waals surface area contributed by atoms with Crippen molar-refractivity contribution in [3.05, 3.63) is 59.8 Å². The molecule has 9 nitrogen and oxygen atoms in total. The first-order valence-corrected chi connectivity index (χ1v) is 12.5. The standard InChI is InChI=1S/C28H31N5O4/c1-17(2)22-23(31-36-24(22)21-8-6-7-13-29-21)26-30-25(32-37-26)19-11-9-18(10-12-19)14-33-15-20(16-33)27(34)35-28(3,4)5/h6-13,17,20H,14-16H2,1-5H3. The molecule has 1 fully saturated rings. The largest absolute Gasteiger partial charge is 0.460 e. The van der Waals surface area contributed by atoms with Crippen molar-refractivity contribution in [2.24, 2.45) is 5.92 Å². The zero-order valence-electron chi connectivity index (χ0n) is 21.8. The van der Waals surface area contributed by atoms with Crippen LogP contribution in [0.3, 0.4) is 0 Å². The van der Waals surface area contributed by atoms with Gasteiger partial charge in [0.1, 0.15) is 11.3 Å². The molecule has 4 aromatic rings. The van der Waals surface area contributed by atoms with Gasteiger partial charge in [-0.1, -0.05) is 54.5 Å². The molecule has 0 spiro atoms. The van der Waals surface area contributed by atoms with E-state index in [0.29, 0.717) is 42.0 Å². The number of hydrogen-bond acceptors (Lipinski definition) is 9. The summed E-state index contributed by atoms with van der Waals surface area (Å²) in [5.41, 5.74) is 3.65. The van der Waals surface area contributed by atoms with E-state index in [1.807, 2.05) is 63.2 Å². The van der Waals surface area contributed by atoms with Crippen LogP contribution in [0.25, 0.3) is 34.4 Å². The fourth-order valence-electron chi connectivity index (χ4n) is 4.36. The van der Waals surface area contributed by atoms with Gasteiger partial charge in [0.25, 0.3) is 5.89 Å². The van der Waals surface area contributed by atoms with Crippen LogP contribution in [0.1, 0.15) is 51.7 Å². The lowest BCUT2D eigenvalue weighted by molar-refractivity contribution is -0.166. The molecule has 0 amide bonds. The predicted octanol–water partition coefficient (Wildman–Crippen LogP) is 5.35. The van der Waals surface area contributed by atoms with E-state index in [1.54, 1.807) is 6.20 Å². The topological polar surface area (TPSA) is 107 Å². The monoisotopic (exact) mass is 501 g/mol. The summed E-state index contributed by atoms with van der Waals surface area (Å²) >= 11 is 0. The molecule has 37 heavy (non-hydrogen) atoms. The third-order valence-electron chi connectivity index (χ3n) is 6.15. The molecular weight excluding hydrogens is 470 g/mol. The molecule has 0 N–H and O–H groups in total. The SMILES string of the molecule is CC(C)c1c(-c2nc(-c3ccc(CN4CC(C(=O)OC(C)(C)C)C4)cc3)no2)noc1-c1ccccn1. The van der Waals surface area contributed by atoms with Crippen LogP contribution in [-0.2, 0) is 16.1 Å². The van der Waals surface area contributed by atoms with Crippen molar-refractivity contribution in [1.82, 2.24) is 25.2 Å². The fourth-order valence-corrected chi connectivity index (χ4v) is 4.36. The summed E-state index contributed by atoms with van der Waals surface area (Å²) in [7, 11) is 0. The van der Waals surface area contributed by atoms with Crippen LogP contribution >= 0.6 is 0 Å². The van der Waals surface area contributed by atoms with Crippen LogP contribution in [0.15, 0.2) is 57.7 Å². The van der Waals surface area contributed by atoms with E-state index < -0.39 is 5.60 Å². The van der Waals surface area contributed by atoms with Crippen LogP contribution in [0.2, 0.25) is 0 Å². The molecular formula is C28H31N5O4. The van der Waals surface area contributed by atoms with Gasteiger partial charge < -0.3 is 13.8 Å². The van der Waals surface area contributed by atoms with Crippen LogP contribution in [-0.4, -0.2) is 49.8 Å². The maximum atomic E-state index is 12.2. The van der Waals surface area contributed by atoms with Crippen LogP contribution in [0.4, 0.5) is 0 Å². The third kappa shape index (κ3) is 5.46. The van der Waals surface area contributed by atoms with Gasteiger partial charge in [0.05, 0.1) is 5.92 Å². The van der Waals surface area contributed by atoms with Crippen molar-refractivity contribution in [2.75, 3.05) is 13.1 Å². The number of carbonyl (C=O) groups excluding carboxylic acids is 1. The minimum atomic E-state index is -0.451. The Morgan fingerprint density at radius 2 is 1.84 bits per heavy atom. The lowest BCUT2D eigenvalue weighted by Crippen LogP contribution is -2.51. The second kappa shape index (κ2) is 9.89. The summed E-state index contributed by atoms with van der Waals surface area (Å²) in [4.78, 5) is 23.4. The van der Waals surface area contributed by atoms with Crippen LogP contribution < -0.4 is 0 Å². The normalized spacial score (nSPS) is 14.6. The number of rotatable bonds is 7. The smallest absolute Gasteiger partial charge is 0.312 e.